The average Bonchev–Trinajstić information content (AvgIpc) is 2.84. The van der Waals surface area contributed by atoms with Gasteiger partial charge in [0, 0.05) is 30.8 Å². The summed E-state index contributed by atoms with van der Waals surface area (Å²) in [6.07, 6.45) is 8.79. The average molecular weight is 448 g/mol. The molecular weight excluding hydrogens is 414 g/mol. The first-order chi connectivity index (χ1) is 16.1. The molecule has 2 aromatic rings. The lowest BCUT2D eigenvalue weighted by Gasteiger charge is -2.24. The second-order valence-corrected chi connectivity index (χ2v) is 8.94. The van der Waals surface area contributed by atoms with Gasteiger partial charge in [-0.1, -0.05) is 18.2 Å². The minimum Gasteiger partial charge on any atom is -0.466 e. The Kier molecular flexibility index (Phi) is 7.76. The Balaban J connectivity index is 1.32. The molecule has 0 bridgehead atoms. The lowest BCUT2D eigenvalue weighted by Crippen LogP contribution is -2.24. The first-order valence-corrected chi connectivity index (χ1v) is 12.1. The maximum Gasteiger partial charge on any atom is 0.306 e. The van der Waals surface area contributed by atoms with Gasteiger partial charge in [-0.2, -0.15) is 5.10 Å². The molecule has 1 saturated heterocycles. The van der Waals surface area contributed by atoms with Crippen LogP contribution in [0.1, 0.15) is 66.1 Å². The number of aryl methyl sites for hydroxylation is 1. The van der Waals surface area contributed by atoms with E-state index in [1.165, 1.54) is 30.4 Å². The van der Waals surface area contributed by atoms with Crippen LogP contribution in [0.2, 0.25) is 0 Å². The largest absolute Gasteiger partial charge is 0.466 e. The first-order valence-electron chi connectivity index (χ1n) is 12.1. The van der Waals surface area contributed by atoms with Gasteiger partial charge in [-0.15, -0.1) is 0 Å². The minimum atomic E-state index is -0.120. The zero-order chi connectivity index (χ0) is 23.0. The van der Waals surface area contributed by atoms with Gasteiger partial charge < -0.3 is 10.1 Å². The standard InChI is InChI=1S/C27H33N3O3/c1-2-33-26(31)17-21-8-11-24-18-25(13-12-23(24)16-21)29-27(32)22-9-6-20(7-10-22)19-28-30-14-4-3-5-15-30/h6-7,9-10,12-13,18-19,21H,2-5,8,11,14-17H2,1H3,(H,29,32). The van der Waals surface area contributed by atoms with Gasteiger partial charge in [0.2, 0.25) is 0 Å². The molecule has 1 fully saturated rings. The molecule has 0 radical (unpaired) electrons. The highest BCUT2D eigenvalue weighted by Crippen LogP contribution is 2.30. The number of anilines is 1. The number of hydrazone groups is 1. The summed E-state index contributed by atoms with van der Waals surface area (Å²) in [6.45, 7) is 4.30. The highest BCUT2D eigenvalue weighted by atomic mass is 16.5. The highest BCUT2D eigenvalue weighted by molar-refractivity contribution is 6.04. The quantitative estimate of drug-likeness (QED) is 0.488. The van der Waals surface area contributed by atoms with Crippen molar-refractivity contribution in [1.29, 1.82) is 0 Å². The third-order valence-corrected chi connectivity index (χ3v) is 6.43. The van der Waals surface area contributed by atoms with E-state index in [1.54, 1.807) is 0 Å². The summed E-state index contributed by atoms with van der Waals surface area (Å²) in [4.78, 5) is 24.5. The smallest absolute Gasteiger partial charge is 0.306 e. The lowest BCUT2D eigenvalue weighted by molar-refractivity contribution is -0.144. The normalized spacial score (nSPS) is 18.1. The number of nitrogens with one attached hydrogen (secondary N) is 1. The van der Waals surface area contributed by atoms with Crippen LogP contribution in [0.4, 0.5) is 5.69 Å². The van der Waals surface area contributed by atoms with Crippen molar-refractivity contribution >= 4 is 23.8 Å². The number of piperidine rings is 1. The fourth-order valence-electron chi connectivity index (χ4n) is 4.60. The summed E-state index contributed by atoms with van der Waals surface area (Å²) in [5.41, 5.74) is 4.92. The summed E-state index contributed by atoms with van der Waals surface area (Å²) in [5, 5.41) is 9.68. The van der Waals surface area contributed by atoms with Crippen LogP contribution in [0.25, 0.3) is 0 Å². The summed E-state index contributed by atoms with van der Waals surface area (Å²) in [6, 6.07) is 13.6. The molecule has 0 spiro atoms. The highest BCUT2D eigenvalue weighted by Gasteiger charge is 2.22. The van der Waals surface area contributed by atoms with E-state index in [0.29, 0.717) is 24.5 Å². The second-order valence-electron chi connectivity index (χ2n) is 8.94. The summed E-state index contributed by atoms with van der Waals surface area (Å²) in [7, 11) is 0. The molecular formula is C27H33N3O3. The van der Waals surface area contributed by atoms with Gasteiger partial charge in [-0.25, -0.2) is 0 Å². The van der Waals surface area contributed by atoms with Crippen LogP contribution in [-0.2, 0) is 22.4 Å². The lowest BCUT2D eigenvalue weighted by atomic mass is 9.82. The molecule has 1 heterocycles. The second kappa shape index (κ2) is 11.1. The molecule has 6 nitrogen and oxygen atoms in total. The van der Waals surface area contributed by atoms with E-state index in [1.807, 2.05) is 43.5 Å². The Bertz CT molecular complexity index is 994. The molecule has 1 amide bonds. The van der Waals surface area contributed by atoms with E-state index >= 15 is 0 Å². The number of nitrogens with zero attached hydrogens (tertiary/aromatic N) is 2. The number of rotatable bonds is 7. The number of hydrogen-bond acceptors (Lipinski definition) is 5. The van der Waals surface area contributed by atoms with E-state index in [0.717, 1.165) is 43.6 Å². The predicted octanol–water partition coefficient (Wildman–Crippen LogP) is 4.82. The Labute approximate surface area is 196 Å². The maximum absolute atomic E-state index is 12.7. The molecule has 33 heavy (non-hydrogen) atoms. The van der Waals surface area contributed by atoms with E-state index in [2.05, 4.69) is 27.6 Å². The van der Waals surface area contributed by atoms with Crippen LogP contribution in [-0.4, -0.2) is 42.8 Å². The number of esters is 1. The summed E-state index contributed by atoms with van der Waals surface area (Å²) >= 11 is 0. The van der Waals surface area contributed by atoms with Crippen LogP contribution in [0, 0.1) is 5.92 Å². The molecule has 0 saturated carbocycles. The fourth-order valence-corrected chi connectivity index (χ4v) is 4.60. The number of carbonyl (C=O) groups is 2. The maximum atomic E-state index is 12.7. The topological polar surface area (TPSA) is 71.0 Å². The van der Waals surface area contributed by atoms with Gasteiger partial charge in [0.25, 0.3) is 5.91 Å². The summed E-state index contributed by atoms with van der Waals surface area (Å²) in [5.74, 6) is 0.0954. The van der Waals surface area contributed by atoms with Crippen molar-refractivity contribution in [3.63, 3.8) is 0 Å². The van der Waals surface area contributed by atoms with Crippen molar-refractivity contribution in [3.05, 3.63) is 64.7 Å². The van der Waals surface area contributed by atoms with Gasteiger partial charge in [0.1, 0.15) is 0 Å². The molecule has 2 aromatic carbocycles. The van der Waals surface area contributed by atoms with Gasteiger partial charge in [0.15, 0.2) is 0 Å². The van der Waals surface area contributed by atoms with Crippen molar-refractivity contribution in [2.75, 3.05) is 25.0 Å². The molecule has 1 atom stereocenters. The zero-order valence-electron chi connectivity index (χ0n) is 19.4. The summed E-state index contributed by atoms with van der Waals surface area (Å²) < 4.78 is 5.09. The Hall–Kier alpha value is -3.15. The number of carbonyl (C=O) groups excluding carboxylic acids is 2. The van der Waals surface area contributed by atoms with Crippen molar-refractivity contribution in [2.24, 2.45) is 11.0 Å². The number of amides is 1. The molecule has 1 aliphatic heterocycles. The van der Waals surface area contributed by atoms with Gasteiger partial charge >= 0.3 is 5.97 Å². The fraction of sp³-hybridized carbons (Fsp3) is 0.444. The van der Waals surface area contributed by atoms with Crippen molar-refractivity contribution < 1.29 is 14.3 Å². The van der Waals surface area contributed by atoms with Crippen LogP contribution in [0.3, 0.4) is 0 Å². The van der Waals surface area contributed by atoms with Gasteiger partial charge in [0.05, 0.1) is 12.8 Å². The van der Waals surface area contributed by atoms with E-state index in [-0.39, 0.29) is 11.9 Å². The first kappa shape index (κ1) is 23.0. The van der Waals surface area contributed by atoms with Gasteiger partial charge in [-0.05, 0) is 92.3 Å². The third kappa shape index (κ3) is 6.44. The molecule has 4 rings (SSSR count). The molecule has 174 valence electrons. The van der Waals surface area contributed by atoms with Crippen LogP contribution in [0.5, 0.6) is 0 Å². The Morgan fingerprint density at radius 1 is 1.09 bits per heavy atom. The molecule has 1 unspecified atom stereocenters. The zero-order valence-corrected chi connectivity index (χ0v) is 19.4. The molecule has 2 aliphatic rings. The number of hydrogen-bond donors (Lipinski definition) is 1. The Morgan fingerprint density at radius 3 is 2.64 bits per heavy atom. The SMILES string of the molecule is CCOC(=O)CC1CCc2cc(NC(=O)c3ccc(C=NN4CCCCC4)cc3)ccc2C1. The number of ether oxygens (including phenoxy) is 1. The minimum absolute atomic E-state index is 0.112. The molecule has 0 aromatic heterocycles. The number of benzene rings is 2. The van der Waals surface area contributed by atoms with E-state index in [4.69, 9.17) is 4.74 Å². The van der Waals surface area contributed by atoms with Crippen LogP contribution < -0.4 is 5.32 Å². The van der Waals surface area contributed by atoms with Crippen molar-refractivity contribution in [3.8, 4) is 0 Å². The van der Waals surface area contributed by atoms with Crippen molar-refractivity contribution in [2.45, 2.75) is 51.9 Å². The van der Waals surface area contributed by atoms with E-state index in [9.17, 15) is 9.59 Å². The predicted molar refractivity (Wildman–Crippen MR) is 131 cm³/mol. The van der Waals surface area contributed by atoms with Crippen LogP contribution >= 0.6 is 0 Å². The van der Waals surface area contributed by atoms with Crippen molar-refractivity contribution in [1.82, 2.24) is 5.01 Å². The van der Waals surface area contributed by atoms with Crippen LogP contribution in [0.15, 0.2) is 47.6 Å². The number of fused-ring (bicyclic) bond motifs is 1. The molecule has 1 N–H and O–H groups in total. The monoisotopic (exact) mass is 447 g/mol. The third-order valence-electron chi connectivity index (χ3n) is 6.43. The molecule has 6 heteroatoms. The van der Waals surface area contributed by atoms with Gasteiger partial charge in [-0.3, -0.25) is 14.6 Å². The van der Waals surface area contributed by atoms with E-state index < -0.39 is 0 Å². The Morgan fingerprint density at radius 2 is 1.88 bits per heavy atom. The molecule has 1 aliphatic carbocycles.